The van der Waals surface area contributed by atoms with Crippen LogP contribution in [0.2, 0.25) is 0 Å². The number of hydrogen-bond acceptors (Lipinski definition) is 6. The molecule has 1 saturated heterocycles. The minimum atomic E-state index is -0.886. The van der Waals surface area contributed by atoms with E-state index in [0.29, 0.717) is 42.3 Å². The van der Waals surface area contributed by atoms with Crippen LogP contribution >= 0.6 is 0 Å². The fraction of sp³-hybridized carbons (Fsp3) is 0.233. The third kappa shape index (κ3) is 4.76. The highest BCUT2D eigenvalue weighted by Crippen LogP contribution is 2.32. The Kier molecular flexibility index (Phi) is 6.56. The molecular formula is C30H28FN5O3. The van der Waals surface area contributed by atoms with Crippen LogP contribution in [0.5, 0.6) is 0 Å². The molecule has 0 radical (unpaired) electrons. The van der Waals surface area contributed by atoms with Crippen LogP contribution in [0.15, 0.2) is 73.1 Å². The van der Waals surface area contributed by atoms with Crippen LogP contribution in [0.25, 0.3) is 16.8 Å². The number of likely N-dealkylation sites (tertiary alicyclic amines) is 1. The number of nitrogens with one attached hydrogen (secondary N) is 1. The number of ketones is 1. The van der Waals surface area contributed by atoms with Crippen LogP contribution < -0.4 is 11.1 Å². The summed E-state index contributed by atoms with van der Waals surface area (Å²) >= 11 is 0. The van der Waals surface area contributed by atoms with Gasteiger partial charge in [0.25, 0.3) is 0 Å². The lowest BCUT2D eigenvalue weighted by atomic mass is 9.92. The number of halogens is 1. The number of fused-ring (bicyclic) bond motifs is 1. The Morgan fingerprint density at radius 1 is 1.13 bits per heavy atom. The number of carbonyl (C=O) groups excluding carboxylic acids is 2. The van der Waals surface area contributed by atoms with Gasteiger partial charge in [0, 0.05) is 43.0 Å². The molecule has 1 aromatic heterocycles. The van der Waals surface area contributed by atoms with E-state index in [-0.39, 0.29) is 17.5 Å². The molecule has 4 aromatic rings. The molecule has 39 heavy (non-hydrogen) atoms. The highest BCUT2D eigenvalue weighted by Gasteiger charge is 2.34. The normalized spacial score (nSPS) is 19.3. The molecule has 0 saturated carbocycles. The Labute approximate surface area is 224 Å². The molecule has 2 atom stereocenters. The van der Waals surface area contributed by atoms with Gasteiger partial charge >= 0.3 is 0 Å². The Hall–Kier alpha value is -4.18. The second-order valence-corrected chi connectivity index (χ2v) is 10.1. The monoisotopic (exact) mass is 525 g/mol. The molecule has 1 amide bonds. The van der Waals surface area contributed by atoms with E-state index < -0.39 is 17.8 Å². The van der Waals surface area contributed by atoms with E-state index in [4.69, 9.17) is 5.73 Å². The Morgan fingerprint density at radius 3 is 2.74 bits per heavy atom. The van der Waals surface area contributed by atoms with E-state index in [0.717, 1.165) is 29.7 Å². The van der Waals surface area contributed by atoms with Crippen molar-refractivity contribution in [3.8, 4) is 16.8 Å². The molecule has 1 unspecified atom stereocenters. The Balaban J connectivity index is 1.29. The molecule has 198 valence electrons. The number of nitrogens with two attached hydrogens (primary N) is 1. The predicted octanol–water partition coefficient (Wildman–Crippen LogP) is 3.37. The van der Waals surface area contributed by atoms with Crippen LogP contribution in [0.4, 0.5) is 4.39 Å². The largest absolute Gasteiger partial charge is 0.392 e. The standard InChI is InChI=1S/C30H28FN5O3/c31-25-13-18(23-7-2-1-4-20(23)15-35-11-10-22(37)16-35)8-9-24(25)27-29(38)28-26(14-33-27)34-17-36(28)21-6-3-5-19(12-21)30(32)39/h1-9,12-13,17,22,27,33,37H,10-11,14-16H2,(H2,32,39)/t22-,27?/m0/s1. The van der Waals surface area contributed by atoms with Gasteiger partial charge < -0.3 is 10.8 Å². The van der Waals surface area contributed by atoms with Crippen LogP contribution in [0.3, 0.4) is 0 Å². The number of Topliss-reactive ketones (excluding diaryl/α,β-unsaturated/α-hetero) is 1. The second-order valence-electron chi connectivity index (χ2n) is 10.1. The number of aliphatic hydroxyl groups excluding tert-OH is 1. The first-order valence-corrected chi connectivity index (χ1v) is 12.9. The van der Waals surface area contributed by atoms with Crippen molar-refractivity contribution >= 4 is 11.7 Å². The third-order valence-corrected chi connectivity index (χ3v) is 7.50. The number of amides is 1. The van der Waals surface area contributed by atoms with Gasteiger partial charge in [-0.3, -0.25) is 24.4 Å². The number of aromatic nitrogens is 2. The highest BCUT2D eigenvalue weighted by molar-refractivity contribution is 6.02. The first-order chi connectivity index (χ1) is 18.9. The average molecular weight is 526 g/mol. The van der Waals surface area contributed by atoms with Gasteiger partial charge in [0.1, 0.15) is 23.9 Å². The fourth-order valence-electron chi connectivity index (χ4n) is 5.53. The third-order valence-electron chi connectivity index (χ3n) is 7.50. The molecule has 3 heterocycles. The van der Waals surface area contributed by atoms with Crippen molar-refractivity contribution in [3.63, 3.8) is 0 Å². The summed E-state index contributed by atoms with van der Waals surface area (Å²) in [5.41, 5.74) is 10.2. The van der Waals surface area contributed by atoms with Gasteiger partial charge in [-0.15, -0.1) is 0 Å². The molecule has 0 bridgehead atoms. The molecule has 2 aliphatic heterocycles. The first-order valence-electron chi connectivity index (χ1n) is 12.9. The summed E-state index contributed by atoms with van der Waals surface area (Å²) in [5, 5.41) is 13.0. The highest BCUT2D eigenvalue weighted by atomic mass is 19.1. The van der Waals surface area contributed by atoms with Gasteiger partial charge in [-0.05, 0) is 47.4 Å². The van der Waals surface area contributed by atoms with Crippen LogP contribution in [0.1, 0.15) is 50.1 Å². The Bertz CT molecular complexity index is 1580. The van der Waals surface area contributed by atoms with Crippen molar-refractivity contribution in [3.05, 3.63) is 107 Å². The van der Waals surface area contributed by atoms with Crippen molar-refractivity contribution in [2.24, 2.45) is 5.73 Å². The zero-order valence-electron chi connectivity index (χ0n) is 21.2. The van der Waals surface area contributed by atoms with E-state index in [1.54, 1.807) is 34.9 Å². The van der Waals surface area contributed by atoms with E-state index in [9.17, 15) is 14.7 Å². The SMILES string of the molecule is NC(=O)c1cccc(-n2cnc3c2C(=O)C(c2ccc(-c4ccccc4CN4CC[C@H](O)C4)cc2F)NC3)c1. The topological polar surface area (TPSA) is 113 Å². The van der Waals surface area contributed by atoms with Crippen LogP contribution in [-0.4, -0.2) is 50.4 Å². The molecule has 3 aromatic carbocycles. The lowest BCUT2D eigenvalue weighted by Crippen LogP contribution is -2.36. The summed E-state index contributed by atoms with van der Waals surface area (Å²) in [5.74, 6) is -1.36. The lowest BCUT2D eigenvalue weighted by molar-refractivity contribution is 0.0919. The zero-order chi connectivity index (χ0) is 27.1. The maximum Gasteiger partial charge on any atom is 0.248 e. The molecule has 0 aliphatic carbocycles. The molecule has 8 nitrogen and oxygen atoms in total. The van der Waals surface area contributed by atoms with Crippen molar-refractivity contribution in [1.82, 2.24) is 19.8 Å². The number of benzene rings is 3. The lowest BCUT2D eigenvalue weighted by Gasteiger charge is -2.24. The summed E-state index contributed by atoms with van der Waals surface area (Å²) < 4.78 is 17.3. The number of imidazole rings is 1. The average Bonchev–Trinajstić information content (AvgIpc) is 3.56. The minimum absolute atomic E-state index is 0.258. The maximum absolute atomic E-state index is 15.6. The van der Waals surface area contributed by atoms with Gasteiger partial charge in [-0.2, -0.15) is 0 Å². The number of β-amino-alcohol motifs (C(OH)–C–C–N with tert-alkyl or cyclic N) is 1. The van der Waals surface area contributed by atoms with Gasteiger partial charge in [0.05, 0.1) is 11.8 Å². The maximum atomic E-state index is 15.6. The summed E-state index contributed by atoms with van der Waals surface area (Å²) in [6.07, 6.45) is 1.98. The van der Waals surface area contributed by atoms with Gasteiger partial charge in [-0.25, -0.2) is 9.37 Å². The Morgan fingerprint density at radius 2 is 1.97 bits per heavy atom. The predicted molar refractivity (Wildman–Crippen MR) is 144 cm³/mol. The zero-order valence-corrected chi connectivity index (χ0v) is 21.2. The quantitative estimate of drug-likeness (QED) is 0.356. The van der Waals surface area contributed by atoms with Crippen molar-refractivity contribution in [2.75, 3.05) is 13.1 Å². The van der Waals surface area contributed by atoms with Gasteiger partial charge in [-0.1, -0.05) is 42.5 Å². The fourth-order valence-corrected chi connectivity index (χ4v) is 5.53. The minimum Gasteiger partial charge on any atom is -0.392 e. The number of aliphatic hydroxyl groups is 1. The molecule has 1 fully saturated rings. The first kappa shape index (κ1) is 25.1. The van der Waals surface area contributed by atoms with Gasteiger partial charge in [0.15, 0.2) is 0 Å². The van der Waals surface area contributed by atoms with Crippen LogP contribution in [-0.2, 0) is 13.1 Å². The van der Waals surface area contributed by atoms with Crippen LogP contribution in [0, 0.1) is 5.82 Å². The summed E-state index contributed by atoms with van der Waals surface area (Å²) in [4.78, 5) is 31.9. The van der Waals surface area contributed by atoms with E-state index in [1.165, 1.54) is 12.4 Å². The number of carbonyl (C=O) groups is 2. The second kappa shape index (κ2) is 10.2. The summed E-state index contributed by atoms with van der Waals surface area (Å²) in [7, 11) is 0. The number of rotatable bonds is 6. The molecule has 2 aliphatic rings. The molecule has 9 heteroatoms. The van der Waals surface area contributed by atoms with E-state index >= 15 is 4.39 Å². The van der Waals surface area contributed by atoms with Crippen molar-refractivity contribution < 1.29 is 19.1 Å². The van der Waals surface area contributed by atoms with E-state index in [1.807, 2.05) is 30.3 Å². The smallest absolute Gasteiger partial charge is 0.248 e. The molecule has 0 spiro atoms. The molecular weight excluding hydrogens is 497 g/mol. The van der Waals surface area contributed by atoms with Crippen molar-refractivity contribution in [1.29, 1.82) is 0 Å². The summed E-state index contributed by atoms with van der Waals surface area (Å²) in [6, 6.07) is 18.6. The molecule has 4 N–H and O–H groups in total. The number of hydrogen-bond donors (Lipinski definition) is 3. The number of primary amides is 1. The molecule has 6 rings (SSSR count). The summed E-state index contributed by atoms with van der Waals surface area (Å²) in [6.45, 7) is 2.41. The van der Waals surface area contributed by atoms with E-state index in [2.05, 4.69) is 15.2 Å². The number of nitrogens with zero attached hydrogens (tertiary/aromatic N) is 3. The van der Waals surface area contributed by atoms with Gasteiger partial charge in [0.2, 0.25) is 11.7 Å². The van der Waals surface area contributed by atoms with Crippen molar-refractivity contribution in [2.45, 2.75) is 31.7 Å².